The van der Waals surface area contributed by atoms with E-state index in [2.05, 4.69) is 16.8 Å². The van der Waals surface area contributed by atoms with Gasteiger partial charge in [-0.2, -0.15) is 0 Å². The predicted molar refractivity (Wildman–Crippen MR) is 51.6 cm³/mol. The highest BCUT2D eigenvalue weighted by Crippen LogP contribution is 2.01. The summed E-state index contributed by atoms with van der Waals surface area (Å²) in [5.74, 6) is 0. The van der Waals surface area contributed by atoms with Gasteiger partial charge in [-0.25, -0.2) is 0 Å². The Balaban J connectivity index is 2.14. The Morgan fingerprint density at radius 1 is 1.23 bits per heavy atom. The summed E-state index contributed by atoms with van der Waals surface area (Å²) in [5, 5.41) is 18.1. The first-order valence-corrected chi connectivity index (χ1v) is 4.92. The Kier molecular flexibility index (Phi) is 4.66. The number of hydrogen-bond donors (Lipinski definition) is 2. The van der Waals surface area contributed by atoms with Crippen molar-refractivity contribution in [1.82, 2.24) is 9.80 Å². The monoisotopic (exact) mass is 188 g/mol. The van der Waals surface area contributed by atoms with Gasteiger partial charge in [0.2, 0.25) is 0 Å². The molecular formula is C9H20N2O2. The molecule has 1 aliphatic heterocycles. The van der Waals surface area contributed by atoms with Crippen LogP contribution < -0.4 is 0 Å². The zero-order valence-electron chi connectivity index (χ0n) is 8.32. The van der Waals surface area contributed by atoms with Gasteiger partial charge in [0, 0.05) is 39.3 Å². The van der Waals surface area contributed by atoms with Crippen LogP contribution in [-0.2, 0) is 0 Å². The largest absolute Gasteiger partial charge is 0.396 e. The van der Waals surface area contributed by atoms with Gasteiger partial charge in [0.15, 0.2) is 0 Å². The molecule has 1 rings (SSSR count). The molecule has 4 heteroatoms. The fourth-order valence-corrected chi connectivity index (χ4v) is 1.57. The molecule has 0 aromatic heterocycles. The average Bonchev–Trinajstić information content (AvgIpc) is 2.09. The van der Waals surface area contributed by atoms with Crippen LogP contribution in [0.5, 0.6) is 0 Å². The minimum Gasteiger partial charge on any atom is -0.396 e. The number of rotatable bonds is 4. The van der Waals surface area contributed by atoms with Gasteiger partial charge in [0.25, 0.3) is 0 Å². The molecule has 4 nitrogen and oxygen atoms in total. The maximum atomic E-state index is 9.45. The van der Waals surface area contributed by atoms with Crippen LogP contribution in [0.25, 0.3) is 0 Å². The van der Waals surface area contributed by atoms with E-state index in [4.69, 9.17) is 5.11 Å². The highest BCUT2D eigenvalue weighted by molar-refractivity contribution is 4.71. The first-order chi connectivity index (χ1) is 6.22. The first-order valence-electron chi connectivity index (χ1n) is 4.92. The quantitative estimate of drug-likeness (QED) is 0.593. The van der Waals surface area contributed by atoms with Gasteiger partial charge in [-0.05, 0) is 13.5 Å². The van der Waals surface area contributed by atoms with E-state index in [1.165, 1.54) is 0 Å². The van der Waals surface area contributed by atoms with Crippen LogP contribution >= 0.6 is 0 Å². The lowest BCUT2D eigenvalue weighted by Crippen LogP contribution is -2.47. The fraction of sp³-hybridized carbons (Fsp3) is 1.00. The van der Waals surface area contributed by atoms with Crippen molar-refractivity contribution >= 4 is 0 Å². The highest BCUT2D eigenvalue weighted by Gasteiger charge is 2.16. The van der Waals surface area contributed by atoms with E-state index in [0.717, 1.165) is 26.2 Å². The SMILES string of the molecule is CN1CCN(CC(O)CCO)CC1. The van der Waals surface area contributed by atoms with Crippen molar-refractivity contribution in [3.05, 3.63) is 0 Å². The van der Waals surface area contributed by atoms with Gasteiger partial charge >= 0.3 is 0 Å². The van der Waals surface area contributed by atoms with Crippen molar-refractivity contribution in [2.75, 3.05) is 46.4 Å². The second-order valence-corrected chi connectivity index (χ2v) is 3.77. The van der Waals surface area contributed by atoms with E-state index in [1.807, 2.05) is 0 Å². The molecular weight excluding hydrogens is 168 g/mol. The highest BCUT2D eigenvalue weighted by atomic mass is 16.3. The van der Waals surface area contributed by atoms with Crippen LogP contribution in [0.4, 0.5) is 0 Å². The van der Waals surface area contributed by atoms with Gasteiger partial charge in [-0.3, -0.25) is 4.90 Å². The Morgan fingerprint density at radius 2 is 1.85 bits per heavy atom. The summed E-state index contributed by atoms with van der Waals surface area (Å²) in [7, 11) is 2.11. The number of nitrogens with zero attached hydrogens (tertiary/aromatic N) is 2. The second kappa shape index (κ2) is 5.54. The normalized spacial score (nSPS) is 23.3. The third kappa shape index (κ3) is 4.04. The van der Waals surface area contributed by atoms with Crippen molar-refractivity contribution in [2.45, 2.75) is 12.5 Å². The zero-order valence-corrected chi connectivity index (χ0v) is 8.32. The van der Waals surface area contributed by atoms with E-state index in [1.54, 1.807) is 0 Å². The molecule has 1 heterocycles. The predicted octanol–water partition coefficient (Wildman–Crippen LogP) is -1.02. The maximum Gasteiger partial charge on any atom is 0.0689 e. The Morgan fingerprint density at radius 3 is 2.38 bits per heavy atom. The molecule has 1 fully saturated rings. The third-order valence-corrected chi connectivity index (χ3v) is 2.53. The molecule has 13 heavy (non-hydrogen) atoms. The van der Waals surface area contributed by atoms with Crippen molar-refractivity contribution in [3.8, 4) is 0 Å². The number of β-amino-alcohol motifs (C(OH)–C–C–N with tert-alkyl or cyclic N) is 1. The lowest BCUT2D eigenvalue weighted by atomic mass is 10.2. The molecule has 0 bridgehead atoms. The summed E-state index contributed by atoms with van der Waals surface area (Å²) in [6.45, 7) is 4.99. The number of piperazine rings is 1. The molecule has 0 spiro atoms. The van der Waals surface area contributed by atoms with Crippen molar-refractivity contribution in [3.63, 3.8) is 0 Å². The maximum absolute atomic E-state index is 9.45. The molecule has 1 saturated heterocycles. The standard InChI is InChI=1S/C9H20N2O2/c1-10-3-5-11(6-4-10)8-9(13)2-7-12/h9,12-13H,2-8H2,1H3. The van der Waals surface area contributed by atoms with Crippen LogP contribution in [0, 0.1) is 0 Å². The minimum absolute atomic E-state index is 0.0783. The van der Waals surface area contributed by atoms with E-state index in [0.29, 0.717) is 13.0 Å². The van der Waals surface area contributed by atoms with Gasteiger partial charge in [-0.1, -0.05) is 0 Å². The van der Waals surface area contributed by atoms with Gasteiger partial charge < -0.3 is 15.1 Å². The number of aliphatic hydroxyl groups excluding tert-OH is 2. The van der Waals surface area contributed by atoms with Crippen LogP contribution in [0.2, 0.25) is 0 Å². The molecule has 0 aromatic carbocycles. The lowest BCUT2D eigenvalue weighted by Gasteiger charge is -2.33. The molecule has 2 N–H and O–H groups in total. The Bertz CT molecular complexity index is 136. The summed E-state index contributed by atoms with van der Waals surface area (Å²) in [5.41, 5.74) is 0. The second-order valence-electron chi connectivity index (χ2n) is 3.77. The summed E-state index contributed by atoms with van der Waals surface area (Å²) < 4.78 is 0. The smallest absolute Gasteiger partial charge is 0.0689 e. The van der Waals surface area contributed by atoms with Gasteiger partial charge in [-0.15, -0.1) is 0 Å². The number of likely N-dealkylation sites (N-methyl/N-ethyl adjacent to an activating group) is 1. The summed E-state index contributed by atoms with van der Waals surface area (Å²) >= 11 is 0. The third-order valence-electron chi connectivity index (χ3n) is 2.53. The molecule has 1 aliphatic rings. The van der Waals surface area contributed by atoms with Crippen LogP contribution in [0.3, 0.4) is 0 Å². The number of aliphatic hydroxyl groups is 2. The molecule has 1 unspecified atom stereocenters. The van der Waals surface area contributed by atoms with Crippen molar-refractivity contribution in [2.24, 2.45) is 0 Å². The molecule has 1 atom stereocenters. The van der Waals surface area contributed by atoms with E-state index in [-0.39, 0.29) is 12.7 Å². The molecule has 0 amide bonds. The summed E-state index contributed by atoms with van der Waals surface area (Å²) in [6.07, 6.45) is 0.125. The molecule has 0 radical (unpaired) electrons. The summed E-state index contributed by atoms with van der Waals surface area (Å²) in [6, 6.07) is 0. The molecule has 0 saturated carbocycles. The van der Waals surface area contributed by atoms with E-state index in [9.17, 15) is 5.11 Å². The Labute approximate surface area is 79.8 Å². The minimum atomic E-state index is -0.367. The van der Waals surface area contributed by atoms with Gasteiger partial charge in [0.1, 0.15) is 0 Å². The average molecular weight is 188 g/mol. The van der Waals surface area contributed by atoms with Crippen LogP contribution in [0.1, 0.15) is 6.42 Å². The van der Waals surface area contributed by atoms with Gasteiger partial charge in [0.05, 0.1) is 6.10 Å². The molecule has 0 aliphatic carbocycles. The molecule has 0 aromatic rings. The Hall–Kier alpha value is -0.160. The fourth-order valence-electron chi connectivity index (χ4n) is 1.57. The molecule has 78 valence electrons. The van der Waals surface area contributed by atoms with E-state index >= 15 is 0 Å². The zero-order chi connectivity index (χ0) is 9.68. The van der Waals surface area contributed by atoms with Crippen LogP contribution in [0.15, 0.2) is 0 Å². The first kappa shape index (κ1) is 10.9. The van der Waals surface area contributed by atoms with Crippen molar-refractivity contribution < 1.29 is 10.2 Å². The number of hydrogen-bond acceptors (Lipinski definition) is 4. The lowest BCUT2D eigenvalue weighted by molar-refractivity contribution is 0.0649. The van der Waals surface area contributed by atoms with Crippen LogP contribution in [-0.4, -0.2) is 72.5 Å². The van der Waals surface area contributed by atoms with Crippen molar-refractivity contribution in [1.29, 1.82) is 0 Å². The van der Waals surface area contributed by atoms with E-state index < -0.39 is 0 Å². The topological polar surface area (TPSA) is 46.9 Å². The summed E-state index contributed by atoms with van der Waals surface area (Å²) in [4.78, 5) is 4.54.